The molecule has 3 atom stereocenters. The summed E-state index contributed by atoms with van der Waals surface area (Å²) in [6, 6.07) is 1.63. The van der Waals surface area contributed by atoms with Crippen LogP contribution in [0.5, 0.6) is 0 Å². The fourth-order valence-corrected chi connectivity index (χ4v) is 4.54. The summed E-state index contributed by atoms with van der Waals surface area (Å²) in [6.45, 7) is 11.4. The first-order valence-corrected chi connectivity index (χ1v) is 8.43. The molecule has 0 N–H and O–H groups in total. The Kier molecular flexibility index (Phi) is 3.60. The molecule has 4 aliphatic rings. The number of piperazine rings is 1. The second-order valence-corrected chi connectivity index (χ2v) is 8.29. The first-order valence-electron chi connectivity index (χ1n) is 8.43. The van der Waals surface area contributed by atoms with Crippen LogP contribution in [0.4, 0.5) is 0 Å². The van der Waals surface area contributed by atoms with Gasteiger partial charge in [-0.3, -0.25) is 9.69 Å². The van der Waals surface area contributed by atoms with Gasteiger partial charge in [0.1, 0.15) is 0 Å². The number of hydrogen-bond acceptors (Lipinski definition) is 2. The summed E-state index contributed by atoms with van der Waals surface area (Å²) in [4.78, 5) is 17.7. The normalized spacial score (nSPS) is 36.9. The quantitative estimate of drug-likeness (QED) is 0.775. The first kappa shape index (κ1) is 14.4. The number of carbonyl (C=O) groups excluding carboxylic acids is 1. The van der Waals surface area contributed by atoms with Crippen LogP contribution in [-0.2, 0) is 4.79 Å². The molecule has 0 aromatic carbocycles. The lowest BCUT2D eigenvalue weighted by Crippen LogP contribution is -2.71. The zero-order valence-corrected chi connectivity index (χ0v) is 13.6. The van der Waals surface area contributed by atoms with E-state index < -0.39 is 0 Å². The molecule has 3 saturated heterocycles. The van der Waals surface area contributed by atoms with Crippen molar-refractivity contribution in [2.24, 2.45) is 11.3 Å². The molecular formula is C17H30N2O. The molecule has 1 aliphatic carbocycles. The molecule has 3 unspecified atom stereocenters. The van der Waals surface area contributed by atoms with Crippen LogP contribution in [0.15, 0.2) is 0 Å². The van der Waals surface area contributed by atoms with Crippen LogP contribution < -0.4 is 0 Å². The van der Waals surface area contributed by atoms with E-state index in [0.29, 0.717) is 35.4 Å². The van der Waals surface area contributed by atoms with Crippen LogP contribution in [0.3, 0.4) is 0 Å². The molecule has 1 saturated carbocycles. The predicted molar refractivity (Wildman–Crippen MR) is 81.5 cm³/mol. The molecule has 0 spiro atoms. The highest BCUT2D eigenvalue weighted by molar-refractivity contribution is 5.80. The molecule has 3 heterocycles. The maximum atomic E-state index is 12.9. The third-order valence-corrected chi connectivity index (χ3v) is 5.76. The van der Waals surface area contributed by atoms with Crippen molar-refractivity contribution in [3.8, 4) is 0 Å². The van der Waals surface area contributed by atoms with Gasteiger partial charge in [-0.15, -0.1) is 0 Å². The van der Waals surface area contributed by atoms with Crippen molar-refractivity contribution in [3.05, 3.63) is 0 Å². The van der Waals surface area contributed by atoms with E-state index in [1.807, 2.05) is 0 Å². The van der Waals surface area contributed by atoms with Gasteiger partial charge in [-0.2, -0.15) is 0 Å². The number of fused-ring (bicyclic) bond motifs is 2. The minimum Gasteiger partial charge on any atom is -0.334 e. The molecule has 3 aliphatic heterocycles. The van der Waals surface area contributed by atoms with Gasteiger partial charge in [-0.25, -0.2) is 0 Å². The van der Waals surface area contributed by atoms with Gasteiger partial charge in [0.05, 0.1) is 0 Å². The highest BCUT2D eigenvalue weighted by atomic mass is 16.2. The predicted octanol–water partition coefficient (Wildman–Crippen LogP) is 2.90. The maximum Gasteiger partial charge on any atom is 0.226 e. The summed E-state index contributed by atoms with van der Waals surface area (Å²) in [7, 11) is 0. The molecule has 4 rings (SSSR count). The Morgan fingerprint density at radius 1 is 1.20 bits per heavy atom. The minimum absolute atomic E-state index is 0.301. The van der Waals surface area contributed by atoms with Crippen molar-refractivity contribution in [1.82, 2.24) is 9.80 Å². The van der Waals surface area contributed by atoms with Gasteiger partial charge in [-0.05, 0) is 44.9 Å². The van der Waals surface area contributed by atoms with Gasteiger partial charge in [0.2, 0.25) is 5.91 Å². The van der Waals surface area contributed by atoms with Gasteiger partial charge < -0.3 is 4.90 Å². The molecule has 1 amide bonds. The Labute approximate surface area is 123 Å². The average molecular weight is 278 g/mol. The third-order valence-electron chi connectivity index (χ3n) is 5.76. The van der Waals surface area contributed by atoms with Gasteiger partial charge in [0.25, 0.3) is 0 Å². The van der Waals surface area contributed by atoms with Crippen LogP contribution in [0.1, 0.15) is 59.8 Å². The van der Waals surface area contributed by atoms with Crippen molar-refractivity contribution in [3.63, 3.8) is 0 Å². The summed E-state index contributed by atoms with van der Waals surface area (Å²) in [5.41, 5.74) is 0.364. The van der Waals surface area contributed by atoms with Crippen molar-refractivity contribution < 1.29 is 4.79 Å². The Morgan fingerprint density at radius 3 is 2.40 bits per heavy atom. The van der Waals surface area contributed by atoms with E-state index in [0.717, 1.165) is 25.9 Å². The molecule has 2 bridgehead atoms. The van der Waals surface area contributed by atoms with Gasteiger partial charge in [-0.1, -0.05) is 20.3 Å². The molecule has 20 heavy (non-hydrogen) atoms. The van der Waals surface area contributed by atoms with E-state index in [-0.39, 0.29) is 0 Å². The summed E-state index contributed by atoms with van der Waals surface area (Å²) in [6.07, 6.45) is 5.96. The summed E-state index contributed by atoms with van der Waals surface area (Å²) >= 11 is 0. The molecule has 0 radical (unpaired) electrons. The van der Waals surface area contributed by atoms with E-state index in [1.54, 1.807) is 0 Å². The Bertz CT molecular complexity index is 378. The average Bonchev–Trinajstić information content (AvgIpc) is 2.37. The van der Waals surface area contributed by atoms with Crippen molar-refractivity contribution in [2.45, 2.75) is 77.9 Å². The highest BCUT2D eigenvalue weighted by Crippen LogP contribution is 2.42. The smallest absolute Gasteiger partial charge is 0.226 e. The number of carbonyl (C=O) groups is 1. The number of amides is 1. The Morgan fingerprint density at radius 2 is 1.85 bits per heavy atom. The molecule has 3 nitrogen and oxygen atoms in total. The lowest BCUT2D eigenvalue weighted by Gasteiger charge is -2.58. The molecule has 114 valence electrons. The second kappa shape index (κ2) is 5.01. The standard InChI is InChI=1S/C17H30N2O/c1-12(2)18-10-14-8-15(11-18)19(14)16(20)13-6-5-7-17(3,4)9-13/h12-15H,5-11H2,1-4H3. The van der Waals surface area contributed by atoms with Crippen molar-refractivity contribution in [1.29, 1.82) is 0 Å². The van der Waals surface area contributed by atoms with Crippen molar-refractivity contribution in [2.75, 3.05) is 13.1 Å². The number of piperidine rings is 1. The van der Waals surface area contributed by atoms with Crippen LogP contribution >= 0.6 is 0 Å². The highest BCUT2D eigenvalue weighted by Gasteiger charge is 2.49. The number of hydrogen-bond donors (Lipinski definition) is 0. The molecular weight excluding hydrogens is 248 g/mol. The van der Waals surface area contributed by atoms with Gasteiger partial charge in [0, 0.05) is 37.1 Å². The van der Waals surface area contributed by atoms with E-state index in [1.165, 1.54) is 19.3 Å². The zero-order valence-electron chi connectivity index (χ0n) is 13.6. The lowest BCUT2D eigenvalue weighted by molar-refractivity contribution is -0.162. The van der Waals surface area contributed by atoms with Crippen LogP contribution in [0.2, 0.25) is 0 Å². The minimum atomic E-state index is 0.301. The van der Waals surface area contributed by atoms with E-state index in [2.05, 4.69) is 37.5 Å². The molecule has 0 aromatic rings. The van der Waals surface area contributed by atoms with Gasteiger partial charge in [0.15, 0.2) is 0 Å². The first-order chi connectivity index (χ1) is 9.37. The fourth-order valence-electron chi connectivity index (χ4n) is 4.54. The molecule has 4 fully saturated rings. The number of rotatable bonds is 2. The maximum absolute atomic E-state index is 12.9. The SMILES string of the molecule is CC(C)N1CC2CC(C1)N2C(=O)C1CCCC(C)(C)C1. The lowest BCUT2D eigenvalue weighted by atomic mass is 9.71. The number of nitrogens with zero attached hydrogens (tertiary/aromatic N) is 2. The van der Waals surface area contributed by atoms with Crippen LogP contribution in [0, 0.1) is 11.3 Å². The topological polar surface area (TPSA) is 23.6 Å². The van der Waals surface area contributed by atoms with Crippen LogP contribution in [-0.4, -0.2) is 46.9 Å². The van der Waals surface area contributed by atoms with Gasteiger partial charge >= 0.3 is 0 Å². The Hall–Kier alpha value is -0.570. The molecule has 3 heteroatoms. The summed E-state index contributed by atoms with van der Waals surface area (Å²) in [5, 5.41) is 0. The monoisotopic (exact) mass is 278 g/mol. The summed E-state index contributed by atoms with van der Waals surface area (Å²) < 4.78 is 0. The van der Waals surface area contributed by atoms with E-state index in [4.69, 9.17) is 0 Å². The van der Waals surface area contributed by atoms with Crippen molar-refractivity contribution >= 4 is 5.91 Å². The molecule has 0 aromatic heterocycles. The summed E-state index contributed by atoms with van der Waals surface area (Å²) in [5.74, 6) is 0.775. The third kappa shape index (κ3) is 2.49. The fraction of sp³-hybridized carbons (Fsp3) is 0.941. The largest absolute Gasteiger partial charge is 0.334 e. The van der Waals surface area contributed by atoms with Crippen LogP contribution in [0.25, 0.3) is 0 Å². The second-order valence-electron chi connectivity index (χ2n) is 8.29. The Balaban J connectivity index is 1.62. The zero-order chi connectivity index (χ0) is 14.5. The van der Waals surface area contributed by atoms with E-state index in [9.17, 15) is 4.79 Å². The van der Waals surface area contributed by atoms with E-state index >= 15 is 0 Å².